The van der Waals surface area contributed by atoms with Gasteiger partial charge in [-0.2, -0.15) is 0 Å². The second kappa shape index (κ2) is 8.67. The molecule has 0 atom stereocenters. The van der Waals surface area contributed by atoms with Crippen LogP contribution in [0.1, 0.15) is 18.4 Å². The minimum absolute atomic E-state index is 0.0713. The molecule has 30 heavy (non-hydrogen) atoms. The molecule has 156 valence electrons. The molecule has 0 aliphatic carbocycles. The molecule has 8 heteroatoms. The fourth-order valence-electron chi connectivity index (χ4n) is 3.43. The van der Waals surface area contributed by atoms with E-state index in [0.29, 0.717) is 54.1 Å². The molecule has 0 radical (unpaired) electrons. The van der Waals surface area contributed by atoms with Crippen LogP contribution in [0, 0.1) is 0 Å². The zero-order valence-electron chi connectivity index (χ0n) is 16.4. The largest absolute Gasteiger partial charge is 0.493 e. The van der Waals surface area contributed by atoms with Crippen molar-refractivity contribution >= 4 is 40.9 Å². The molecule has 4 rings (SSSR count). The smallest absolute Gasteiger partial charge is 0.248 e. The summed E-state index contributed by atoms with van der Waals surface area (Å²) in [5, 5.41) is 3.16. The Bertz CT molecular complexity index is 1000. The summed E-state index contributed by atoms with van der Waals surface area (Å²) in [5.74, 6) is 1.40. The quantitative estimate of drug-likeness (QED) is 0.731. The van der Waals surface area contributed by atoms with E-state index in [4.69, 9.17) is 25.8 Å². The summed E-state index contributed by atoms with van der Waals surface area (Å²) >= 11 is 6.23. The number of carbonyl (C=O) groups is 2. The molecule has 7 nitrogen and oxygen atoms in total. The van der Waals surface area contributed by atoms with Crippen LogP contribution < -0.4 is 24.4 Å². The Hall–Kier alpha value is -3.19. The van der Waals surface area contributed by atoms with Crippen molar-refractivity contribution in [2.24, 2.45) is 0 Å². The topological polar surface area (TPSA) is 77.1 Å². The summed E-state index contributed by atoms with van der Waals surface area (Å²) in [4.78, 5) is 26.1. The van der Waals surface area contributed by atoms with Crippen LogP contribution in [0.15, 0.2) is 36.4 Å². The number of hydrogen-bond donors (Lipinski definition) is 1. The molecule has 0 bridgehead atoms. The molecule has 2 aliphatic heterocycles. The summed E-state index contributed by atoms with van der Waals surface area (Å²) in [7, 11) is 1.55. The molecule has 2 amide bonds. The van der Waals surface area contributed by atoms with Crippen LogP contribution in [0.5, 0.6) is 17.2 Å². The number of benzene rings is 2. The molecule has 0 aromatic heterocycles. The Labute approximate surface area is 179 Å². The molecule has 0 saturated carbocycles. The molecule has 2 heterocycles. The summed E-state index contributed by atoms with van der Waals surface area (Å²) in [6.45, 7) is 1.58. The third-order valence-corrected chi connectivity index (χ3v) is 5.20. The zero-order chi connectivity index (χ0) is 21.1. The van der Waals surface area contributed by atoms with Crippen LogP contribution in [-0.4, -0.2) is 38.7 Å². The number of carbonyl (C=O) groups excluding carboxylic acids is 2. The van der Waals surface area contributed by atoms with Crippen molar-refractivity contribution in [2.45, 2.75) is 12.8 Å². The molecule has 1 saturated heterocycles. The molecule has 2 aromatic carbocycles. The third-order valence-electron chi connectivity index (χ3n) is 4.87. The monoisotopic (exact) mass is 428 g/mol. The molecule has 0 spiro atoms. The van der Waals surface area contributed by atoms with Crippen LogP contribution in [0.2, 0.25) is 5.02 Å². The fraction of sp³-hybridized carbons (Fsp3) is 0.273. The highest BCUT2D eigenvalue weighted by Crippen LogP contribution is 2.40. The average Bonchev–Trinajstić information content (AvgIpc) is 3.19. The third kappa shape index (κ3) is 4.21. The minimum atomic E-state index is -0.351. The summed E-state index contributed by atoms with van der Waals surface area (Å²) in [5.41, 5.74) is 1.90. The van der Waals surface area contributed by atoms with Crippen molar-refractivity contribution in [2.75, 3.05) is 37.1 Å². The first kappa shape index (κ1) is 20.1. The van der Waals surface area contributed by atoms with E-state index in [-0.39, 0.29) is 11.8 Å². The number of rotatable bonds is 5. The second-order valence-corrected chi connectivity index (χ2v) is 7.29. The Balaban J connectivity index is 1.50. The van der Waals surface area contributed by atoms with Gasteiger partial charge in [-0.15, -0.1) is 0 Å². The fourth-order valence-corrected chi connectivity index (χ4v) is 3.60. The first-order chi connectivity index (χ1) is 14.5. The highest BCUT2D eigenvalue weighted by Gasteiger charge is 2.22. The van der Waals surface area contributed by atoms with E-state index in [1.54, 1.807) is 48.4 Å². The van der Waals surface area contributed by atoms with E-state index in [0.717, 1.165) is 17.7 Å². The number of ether oxygens (including phenoxy) is 3. The van der Waals surface area contributed by atoms with Crippen LogP contribution >= 0.6 is 11.6 Å². The lowest BCUT2D eigenvalue weighted by Crippen LogP contribution is -2.23. The minimum Gasteiger partial charge on any atom is -0.493 e. The van der Waals surface area contributed by atoms with Gasteiger partial charge in [-0.25, -0.2) is 0 Å². The predicted molar refractivity (Wildman–Crippen MR) is 115 cm³/mol. The van der Waals surface area contributed by atoms with Gasteiger partial charge >= 0.3 is 0 Å². The van der Waals surface area contributed by atoms with Crippen LogP contribution in [0.3, 0.4) is 0 Å². The van der Waals surface area contributed by atoms with E-state index in [1.807, 2.05) is 0 Å². The molecule has 1 N–H and O–H groups in total. The van der Waals surface area contributed by atoms with Gasteiger partial charge in [0, 0.05) is 24.7 Å². The highest BCUT2D eigenvalue weighted by atomic mass is 35.5. The Morgan fingerprint density at radius 1 is 1.23 bits per heavy atom. The lowest BCUT2D eigenvalue weighted by molar-refractivity contribution is -0.117. The van der Waals surface area contributed by atoms with E-state index < -0.39 is 0 Å². The number of nitrogens with one attached hydrogen (secondary N) is 1. The maximum Gasteiger partial charge on any atom is 0.248 e. The number of methoxy groups -OCH3 is 1. The molecule has 1 fully saturated rings. The molecular weight excluding hydrogens is 408 g/mol. The van der Waals surface area contributed by atoms with Gasteiger partial charge in [0.1, 0.15) is 13.2 Å². The number of halogens is 1. The lowest BCUT2D eigenvalue weighted by atomic mass is 10.1. The summed E-state index contributed by atoms with van der Waals surface area (Å²) in [6, 6.07) is 8.72. The van der Waals surface area contributed by atoms with Gasteiger partial charge in [0.05, 0.1) is 17.8 Å². The van der Waals surface area contributed by atoms with Gasteiger partial charge in [0.2, 0.25) is 17.6 Å². The standard InChI is InChI=1S/C22H21ClN2O5/c1-28-18-11-14(12-19-22(18)30-10-9-29-19)4-7-20(26)24-17-13-15(5-6-16(17)23)25-8-2-3-21(25)27/h4-7,11-13H,2-3,8-10H2,1H3,(H,24,26)/b7-4+. The Morgan fingerprint density at radius 3 is 2.83 bits per heavy atom. The molecular formula is C22H21ClN2O5. The lowest BCUT2D eigenvalue weighted by Gasteiger charge is -2.20. The van der Waals surface area contributed by atoms with E-state index in [9.17, 15) is 9.59 Å². The predicted octanol–water partition coefficient (Wildman–Crippen LogP) is 3.90. The first-order valence-corrected chi connectivity index (χ1v) is 9.99. The second-order valence-electron chi connectivity index (χ2n) is 6.88. The number of nitrogens with zero attached hydrogens (tertiary/aromatic N) is 1. The van der Waals surface area contributed by atoms with Crippen LogP contribution in [0.4, 0.5) is 11.4 Å². The van der Waals surface area contributed by atoms with Gasteiger partial charge in [-0.1, -0.05) is 11.6 Å². The Kier molecular flexibility index (Phi) is 5.81. The van der Waals surface area contributed by atoms with Crippen molar-refractivity contribution in [1.29, 1.82) is 0 Å². The molecule has 2 aromatic rings. The van der Waals surface area contributed by atoms with Crippen molar-refractivity contribution in [1.82, 2.24) is 0 Å². The normalized spacial score (nSPS) is 15.5. The first-order valence-electron chi connectivity index (χ1n) is 9.62. The van der Waals surface area contributed by atoms with Gasteiger partial charge < -0.3 is 24.4 Å². The van der Waals surface area contributed by atoms with E-state index in [2.05, 4.69) is 5.32 Å². The SMILES string of the molecule is COc1cc(/C=C/C(=O)Nc2cc(N3CCCC3=O)ccc2Cl)cc2c1OCCO2. The number of amides is 2. The van der Waals surface area contributed by atoms with Crippen LogP contribution in [-0.2, 0) is 9.59 Å². The number of hydrogen-bond acceptors (Lipinski definition) is 5. The van der Waals surface area contributed by atoms with Crippen molar-refractivity contribution < 1.29 is 23.8 Å². The Morgan fingerprint density at radius 2 is 2.07 bits per heavy atom. The maximum atomic E-state index is 12.5. The van der Waals surface area contributed by atoms with Crippen molar-refractivity contribution in [3.05, 3.63) is 47.0 Å². The van der Waals surface area contributed by atoms with Crippen molar-refractivity contribution in [3.8, 4) is 17.2 Å². The summed E-state index contributed by atoms with van der Waals surface area (Å²) < 4.78 is 16.5. The molecule has 2 aliphatic rings. The van der Waals surface area contributed by atoms with Crippen molar-refractivity contribution in [3.63, 3.8) is 0 Å². The number of anilines is 2. The number of fused-ring (bicyclic) bond motifs is 1. The average molecular weight is 429 g/mol. The van der Waals surface area contributed by atoms with Gasteiger partial charge in [-0.3, -0.25) is 9.59 Å². The highest BCUT2D eigenvalue weighted by molar-refractivity contribution is 6.34. The van der Waals surface area contributed by atoms with Gasteiger partial charge in [-0.05, 0) is 48.4 Å². The van der Waals surface area contributed by atoms with Gasteiger partial charge in [0.25, 0.3) is 0 Å². The summed E-state index contributed by atoms with van der Waals surface area (Å²) in [6.07, 6.45) is 4.41. The zero-order valence-corrected chi connectivity index (χ0v) is 17.2. The van der Waals surface area contributed by atoms with E-state index >= 15 is 0 Å². The van der Waals surface area contributed by atoms with E-state index in [1.165, 1.54) is 6.08 Å². The maximum absolute atomic E-state index is 12.5. The van der Waals surface area contributed by atoms with Crippen LogP contribution in [0.25, 0.3) is 6.08 Å². The van der Waals surface area contributed by atoms with Gasteiger partial charge in [0.15, 0.2) is 11.5 Å². The molecule has 0 unspecified atom stereocenters.